The maximum absolute atomic E-state index is 10.8. The van der Waals surface area contributed by atoms with Gasteiger partial charge in [0.15, 0.2) is 5.11 Å². The molecule has 0 saturated carbocycles. The summed E-state index contributed by atoms with van der Waals surface area (Å²) in [5.74, 6) is -0.100. The van der Waals surface area contributed by atoms with Crippen LogP contribution >= 0.6 is 12.2 Å². The second-order valence-electron chi connectivity index (χ2n) is 3.04. The van der Waals surface area contributed by atoms with E-state index in [9.17, 15) is 4.79 Å². The number of amides is 1. The number of hydrogen-bond acceptors (Lipinski definition) is 3. The van der Waals surface area contributed by atoms with Crippen LogP contribution in [0.25, 0.3) is 0 Å². The van der Waals surface area contributed by atoms with E-state index in [1.807, 2.05) is 12.1 Å². The number of anilines is 1. The van der Waals surface area contributed by atoms with Gasteiger partial charge in [-0.25, -0.2) is 0 Å². The molecule has 0 aromatic heterocycles. The fourth-order valence-electron chi connectivity index (χ4n) is 1.03. The Morgan fingerprint density at radius 2 is 2.00 bits per heavy atom. The van der Waals surface area contributed by atoms with E-state index < -0.39 is 0 Å². The molecule has 4 N–H and O–H groups in total. The van der Waals surface area contributed by atoms with Gasteiger partial charge in [0.25, 0.3) is 0 Å². The summed E-state index contributed by atoms with van der Waals surface area (Å²) in [6, 6.07) is 7.19. The summed E-state index contributed by atoms with van der Waals surface area (Å²) in [7, 11) is 0. The number of nitrogens with zero attached hydrogens (tertiary/aromatic N) is 1. The summed E-state index contributed by atoms with van der Waals surface area (Å²) < 4.78 is 0. The molecular weight excluding hydrogens is 247 g/mol. The Labute approximate surface area is 127 Å². The zero-order chi connectivity index (χ0) is 12.0. The molecule has 0 radical (unpaired) electrons. The van der Waals surface area contributed by atoms with Gasteiger partial charge in [0.1, 0.15) is 0 Å². The number of rotatable bonds is 3. The van der Waals surface area contributed by atoms with Crippen LogP contribution in [0, 0.1) is 0 Å². The Kier molecular flexibility index (Phi) is 7.73. The van der Waals surface area contributed by atoms with Gasteiger partial charge in [-0.3, -0.25) is 10.2 Å². The Morgan fingerprint density at radius 3 is 2.47 bits per heavy atom. The number of carbonyl (C=O) groups excluding carboxylic acids is 1. The number of nitrogens with two attached hydrogens (primary N) is 1. The number of nitrogens with one attached hydrogen (secondary N) is 2. The first-order valence-electron chi connectivity index (χ1n) is 4.54. The van der Waals surface area contributed by atoms with Crippen LogP contribution in [0.5, 0.6) is 0 Å². The zero-order valence-corrected chi connectivity index (χ0v) is 9.54. The van der Waals surface area contributed by atoms with Gasteiger partial charge >= 0.3 is 29.6 Å². The Balaban J connectivity index is 0.00000256. The van der Waals surface area contributed by atoms with Crippen LogP contribution in [0.3, 0.4) is 0 Å². The molecule has 1 rings (SSSR count). The predicted molar refractivity (Wildman–Crippen MR) is 75.4 cm³/mol. The van der Waals surface area contributed by atoms with Crippen molar-refractivity contribution < 1.29 is 4.79 Å². The molecular formula is C10H13N4NaOS. The standard InChI is InChI=1S/C10H12N4OS.Na.H/c1-7(15)13-9-4-2-8(3-5-9)6-12-14-10(11)16;;/h2-6H,1H3,(H,13,15)(H3,11,14,16);;. The summed E-state index contributed by atoms with van der Waals surface area (Å²) in [6.45, 7) is 1.46. The van der Waals surface area contributed by atoms with Gasteiger partial charge < -0.3 is 11.1 Å². The molecule has 0 heterocycles. The molecule has 17 heavy (non-hydrogen) atoms. The molecule has 0 unspecified atom stereocenters. The average Bonchev–Trinajstić information content (AvgIpc) is 2.19. The van der Waals surface area contributed by atoms with E-state index in [1.165, 1.54) is 6.92 Å². The fourth-order valence-corrected chi connectivity index (χ4v) is 1.08. The van der Waals surface area contributed by atoms with Crippen molar-refractivity contribution in [2.75, 3.05) is 5.32 Å². The molecule has 86 valence electrons. The van der Waals surface area contributed by atoms with Crippen LogP contribution in [0.2, 0.25) is 0 Å². The van der Waals surface area contributed by atoms with Crippen molar-refractivity contribution in [1.29, 1.82) is 0 Å². The molecule has 1 aromatic rings. The first-order chi connectivity index (χ1) is 7.58. The molecule has 1 amide bonds. The van der Waals surface area contributed by atoms with E-state index in [-0.39, 0.29) is 40.6 Å². The number of carbonyl (C=O) groups is 1. The minimum absolute atomic E-state index is 0. The summed E-state index contributed by atoms with van der Waals surface area (Å²) in [5, 5.41) is 6.59. The second kappa shape index (κ2) is 8.19. The number of hydrogen-bond donors (Lipinski definition) is 3. The monoisotopic (exact) mass is 260 g/mol. The van der Waals surface area contributed by atoms with E-state index in [2.05, 4.69) is 28.1 Å². The van der Waals surface area contributed by atoms with Crippen LogP contribution < -0.4 is 16.5 Å². The van der Waals surface area contributed by atoms with Crippen LogP contribution in [0.1, 0.15) is 12.5 Å². The SMILES string of the molecule is CC(=O)Nc1ccc(C=NNC(N)=S)cc1.[NaH]. The normalized spacial score (nSPS) is 9.47. The van der Waals surface area contributed by atoms with Gasteiger partial charge in [0, 0.05) is 12.6 Å². The molecule has 0 atom stereocenters. The topological polar surface area (TPSA) is 79.5 Å². The molecule has 0 aliphatic carbocycles. The van der Waals surface area contributed by atoms with Crippen molar-refractivity contribution in [3.63, 3.8) is 0 Å². The minimum atomic E-state index is -0.100. The van der Waals surface area contributed by atoms with Crippen molar-refractivity contribution in [3.8, 4) is 0 Å². The number of hydrazone groups is 1. The Morgan fingerprint density at radius 1 is 1.41 bits per heavy atom. The van der Waals surface area contributed by atoms with Gasteiger partial charge in [0.05, 0.1) is 6.21 Å². The van der Waals surface area contributed by atoms with Gasteiger partial charge in [-0.1, -0.05) is 12.1 Å². The molecule has 1 aromatic carbocycles. The van der Waals surface area contributed by atoms with Crippen molar-refractivity contribution in [3.05, 3.63) is 29.8 Å². The van der Waals surface area contributed by atoms with Crippen molar-refractivity contribution in [2.24, 2.45) is 10.8 Å². The second-order valence-corrected chi connectivity index (χ2v) is 3.48. The van der Waals surface area contributed by atoms with Gasteiger partial charge in [-0.05, 0) is 29.9 Å². The third-order valence-electron chi connectivity index (χ3n) is 1.62. The van der Waals surface area contributed by atoms with E-state index >= 15 is 0 Å². The fraction of sp³-hybridized carbons (Fsp3) is 0.100. The van der Waals surface area contributed by atoms with Crippen LogP contribution in [0.4, 0.5) is 5.69 Å². The van der Waals surface area contributed by atoms with E-state index in [1.54, 1.807) is 18.3 Å². The van der Waals surface area contributed by atoms with Crippen LogP contribution in [-0.2, 0) is 4.79 Å². The van der Waals surface area contributed by atoms with Gasteiger partial charge in [-0.2, -0.15) is 5.10 Å². The predicted octanol–water partition coefficient (Wildman–Crippen LogP) is 0.164. The molecule has 0 spiro atoms. The molecule has 0 aliphatic rings. The van der Waals surface area contributed by atoms with Gasteiger partial charge in [-0.15, -0.1) is 0 Å². The Hall–Kier alpha value is -0.950. The Bertz CT molecular complexity index is 419. The van der Waals surface area contributed by atoms with E-state index in [4.69, 9.17) is 5.73 Å². The van der Waals surface area contributed by atoms with Crippen LogP contribution in [-0.4, -0.2) is 46.8 Å². The zero-order valence-electron chi connectivity index (χ0n) is 8.73. The van der Waals surface area contributed by atoms with Crippen LogP contribution in [0.15, 0.2) is 29.4 Å². The number of thiocarbonyl (C=S) groups is 1. The quantitative estimate of drug-likeness (QED) is 0.313. The summed E-state index contributed by atoms with van der Waals surface area (Å²) in [5.41, 5.74) is 9.26. The van der Waals surface area contributed by atoms with Crippen molar-refractivity contribution >= 4 is 64.7 Å². The molecule has 5 nitrogen and oxygen atoms in total. The molecule has 0 fully saturated rings. The third-order valence-corrected chi connectivity index (χ3v) is 1.71. The summed E-state index contributed by atoms with van der Waals surface area (Å²) >= 11 is 4.58. The van der Waals surface area contributed by atoms with E-state index in [0.717, 1.165) is 11.3 Å². The van der Waals surface area contributed by atoms with Crippen molar-refractivity contribution in [2.45, 2.75) is 6.92 Å². The summed E-state index contributed by atoms with van der Waals surface area (Å²) in [6.07, 6.45) is 1.58. The molecule has 7 heteroatoms. The molecule has 0 saturated heterocycles. The maximum atomic E-state index is 10.8. The molecule has 0 aliphatic heterocycles. The van der Waals surface area contributed by atoms with Gasteiger partial charge in [0.2, 0.25) is 5.91 Å². The third kappa shape index (κ3) is 7.06. The average molecular weight is 260 g/mol. The first kappa shape index (κ1) is 16.1. The van der Waals surface area contributed by atoms with Crippen molar-refractivity contribution in [1.82, 2.24) is 5.43 Å². The first-order valence-corrected chi connectivity index (χ1v) is 4.95. The van der Waals surface area contributed by atoms with E-state index in [0.29, 0.717) is 0 Å². The number of benzene rings is 1. The summed E-state index contributed by atoms with van der Waals surface area (Å²) in [4.78, 5) is 10.8. The molecule has 0 bridgehead atoms.